The Morgan fingerprint density at radius 1 is 1.17 bits per heavy atom. The number of aliphatic imine (C=N–C) groups is 1. The molecule has 0 radical (unpaired) electrons. The van der Waals surface area contributed by atoms with E-state index in [1.54, 1.807) is 21.3 Å². The van der Waals surface area contributed by atoms with Crippen LogP contribution in [0.1, 0.15) is 16.7 Å². The number of hydrogen-bond acceptors (Lipinski definition) is 5. The first-order chi connectivity index (χ1) is 14.5. The summed E-state index contributed by atoms with van der Waals surface area (Å²) in [7, 11) is 7.09. The molecular formula is C22H28N6O2. The Morgan fingerprint density at radius 3 is 2.60 bits per heavy atom. The summed E-state index contributed by atoms with van der Waals surface area (Å²) < 4.78 is 10.8. The van der Waals surface area contributed by atoms with Crippen molar-refractivity contribution in [1.29, 1.82) is 0 Å². The molecule has 3 aromatic rings. The number of hydrogen-bond donors (Lipinski definition) is 2. The van der Waals surface area contributed by atoms with Crippen LogP contribution in [0, 0.1) is 6.92 Å². The quantitative estimate of drug-likeness (QED) is 0.462. The summed E-state index contributed by atoms with van der Waals surface area (Å²) in [6.07, 6.45) is 1.51. The van der Waals surface area contributed by atoms with E-state index < -0.39 is 0 Å². The van der Waals surface area contributed by atoms with Crippen molar-refractivity contribution in [1.82, 2.24) is 25.4 Å². The lowest BCUT2D eigenvalue weighted by Gasteiger charge is -2.24. The molecule has 3 rings (SSSR count). The van der Waals surface area contributed by atoms with Crippen LogP contribution in [0.5, 0.6) is 11.5 Å². The summed E-state index contributed by atoms with van der Waals surface area (Å²) in [6, 6.07) is 12.2. The molecule has 8 heteroatoms. The van der Waals surface area contributed by atoms with E-state index in [0.29, 0.717) is 13.1 Å². The summed E-state index contributed by atoms with van der Waals surface area (Å²) >= 11 is 0. The van der Waals surface area contributed by atoms with E-state index >= 15 is 0 Å². The van der Waals surface area contributed by atoms with Crippen LogP contribution in [0.4, 0.5) is 0 Å². The van der Waals surface area contributed by atoms with Gasteiger partial charge in [0.2, 0.25) is 0 Å². The zero-order valence-electron chi connectivity index (χ0n) is 18.1. The zero-order chi connectivity index (χ0) is 21.5. The highest BCUT2D eigenvalue weighted by molar-refractivity contribution is 5.79. The van der Waals surface area contributed by atoms with Crippen molar-refractivity contribution >= 4 is 5.96 Å². The number of guanidine groups is 1. The Balaban J connectivity index is 1.68. The molecule has 2 aromatic carbocycles. The molecular weight excluding hydrogens is 380 g/mol. The van der Waals surface area contributed by atoms with Gasteiger partial charge in [-0.25, -0.2) is 4.98 Å². The van der Waals surface area contributed by atoms with Gasteiger partial charge in [0.25, 0.3) is 0 Å². The first-order valence-corrected chi connectivity index (χ1v) is 9.63. The van der Waals surface area contributed by atoms with Crippen LogP contribution >= 0.6 is 0 Å². The summed E-state index contributed by atoms with van der Waals surface area (Å²) in [4.78, 5) is 10.7. The van der Waals surface area contributed by atoms with Gasteiger partial charge >= 0.3 is 0 Å². The predicted octanol–water partition coefficient (Wildman–Crippen LogP) is 3.00. The first kappa shape index (κ1) is 21.2. The normalized spacial score (nSPS) is 11.3. The fourth-order valence-electron chi connectivity index (χ4n) is 3.26. The Bertz CT molecular complexity index is 1000. The Labute approximate surface area is 177 Å². The number of methoxy groups -OCH3 is 2. The molecule has 1 heterocycles. The van der Waals surface area contributed by atoms with E-state index in [-0.39, 0.29) is 0 Å². The van der Waals surface area contributed by atoms with E-state index in [0.717, 1.165) is 45.5 Å². The molecule has 0 bridgehead atoms. The molecule has 0 spiro atoms. The van der Waals surface area contributed by atoms with E-state index in [9.17, 15) is 0 Å². The monoisotopic (exact) mass is 408 g/mol. The molecule has 2 N–H and O–H groups in total. The van der Waals surface area contributed by atoms with Crippen LogP contribution in [-0.2, 0) is 13.1 Å². The third-order valence-corrected chi connectivity index (χ3v) is 4.89. The van der Waals surface area contributed by atoms with Gasteiger partial charge in [0.1, 0.15) is 6.33 Å². The van der Waals surface area contributed by atoms with E-state index in [4.69, 9.17) is 9.47 Å². The van der Waals surface area contributed by atoms with Gasteiger partial charge in [0.15, 0.2) is 23.3 Å². The van der Waals surface area contributed by atoms with Gasteiger partial charge in [-0.2, -0.15) is 5.10 Å². The second-order valence-corrected chi connectivity index (χ2v) is 6.92. The summed E-state index contributed by atoms with van der Waals surface area (Å²) in [5, 5.41) is 10.2. The standard InChI is InChI=1S/C22H28N6O2/c1-15-9-19(29-4)20(30-5)11-18(15)13-28(3)22(23-2)24-12-16-7-6-8-17(10-16)21-25-14-26-27-21/h6-11,14H,12-13H2,1-5H3,(H,23,24)(H,25,26,27). The van der Waals surface area contributed by atoms with Crippen LogP contribution < -0.4 is 14.8 Å². The van der Waals surface area contributed by atoms with Crippen LogP contribution in [-0.4, -0.2) is 54.4 Å². The van der Waals surface area contributed by atoms with Crippen molar-refractivity contribution in [3.8, 4) is 22.9 Å². The van der Waals surface area contributed by atoms with E-state index in [2.05, 4.69) is 49.4 Å². The predicted molar refractivity (Wildman–Crippen MR) is 118 cm³/mol. The van der Waals surface area contributed by atoms with Gasteiger partial charge in [-0.3, -0.25) is 10.1 Å². The van der Waals surface area contributed by atoms with Crippen molar-refractivity contribution < 1.29 is 9.47 Å². The van der Waals surface area contributed by atoms with Crippen LogP contribution in [0.2, 0.25) is 0 Å². The lowest BCUT2D eigenvalue weighted by molar-refractivity contribution is 0.353. The highest BCUT2D eigenvalue weighted by atomic mass is 16.5. The van der Waals surface area contributed by atoms with Crippen molar-refractivity contribution in [3.63, 3.8) is 0 Å². The smallest absolute Gasteiger partial charge is 0.193 e. The zero-order valence-corrected chi connectivity index (χ0v) is 18.1. The summed E-state index contributed by atoms with van der Waals surface area (Å²) in [5.74, 6) is 3.01. The number of aromatic nitrogens is 3. The third-order valence-electron chi connectivity index (χ3n) is 4.89. The van der Waals surface area contributed by atoms with Crippen molar-refractivity contribution in [2.24, 2.45) is 4.99 Å². The maximum Gasteiger partial charge on any atom is 0.193 e. The van der Waals surface area contributed by atoms with Gasteiger partial charge in [-0.15, -0.1) is 0 Å². The van der Waals surface area contributed by atoms with Gasteiger partial charge < -0.3 is 19.7 Å². The molecule has 158 valence electrons. The molecule has 30 heavy (non-hydrogen) atoms. The number of benzene rings is 2. The maximum atomic E-state index is 5.45. The summed E-state index contributed by atoms with van der Waals surface area (Å²) in [5.41, 5.74) is 4.40. The van der Waals surface area contributed by atoms with Crippen molar-refractivity contribution in [2.45, 2.75) is 20.0 Å². The molecule has 0 aliphatic carbocycles. The number of nitrogens with one attached hydrogen (secondary N) is 2. The first-order valence-electron chi connectivity index (χ1n) is 9.63. The number of aromatic amines is 1. The molecule has 0 aliphatic rings. The minimum absolute atomic E-state index is 0.643. The molecule has 0 aliphatic heterocycles. The van der Waals surface area contributed by atoms with Gasteiger partial charge in [-0.1, -0.05) is 18.2 Å². The largest absolute Gasteiger partial charge is 0.493 e. The molecule has 0 saturated heterocycles. The highest BCUT2D eigenvalue weighted by Gasteiger charge is 2.13. The molecule has 0 atom stereocenters. The molecule has 0 amide bonds. The lowest BCUT2D eigenvalue weighted by atomic mass is 10.1. The van der Waals surface area contributed by atoms with Crippen molar-refractivity contribution in [3.05, 3.63) is 59.4 Å². The molecule has 0 saturated carbocycles. The average molecular weight is 409 g/mol. The number of ether oxygens (including phenoxy) is 2. The van der Waals surface area contributed by atoms with Gasteiger partial charge in [-0.05, 0) is 41.8 Å². The third kappa shape index (κ3) is 4.89. The topological polar surface area (TPSA) is 87.7 Å². The van der Waals surface area contributed by atoms with E-state index in [1.807, 2.05) is 31.3 Å². The van der Waals surface area contributed by atoms with Gasteiger partial charge in [0, 0.05) is 32.7 Å². The average Bonchev–Trinajstić information content (AvgIpc) is 3.30. The van der Waals surface area contributed by atoms with Crippen LogP contribution in [0.25, 0.3) is 11.4 Å². The lowest BCUT2D eigenvalue weighted by Crippen LogP contribution is -2.38. The SMILES string of the molecule is CN=C(NCc1cccc(-c2ncn[nH]2)c1)N(C)Cc1cc(OC)c(OC)cc1C. The molecule has 0 fully saturated rings. The Hall–Kier alpha value is -3.55. The minimum atomic E-state index is 0.643. The second-order valence-electron chi connectivity index (χ2n) is 6.92. The fraction of sp³-hybridized carbons (Fsp3) is 0.318. The highest BCUT2D eigenvalue weighted by Crippen LogP contribution is 2.30. The molecule has 8 nitrogen and oxygen atoms in total. The number of rotatable bonds is 7. The molecule has 0 unspecified atom stereocenters. The number of aryl methyl sites for hydroxylation is 1. The van der Waals surface area contributed by atoms with Crippen molar-refractivity contribution in [2.75, 3.05) is 28.3 Å². The second kappa shape index (κ2) is 9.78. The minimum Gasteiger partial charge on any atom is -0.493 e. The maximum absolute atomic E-state index is 5.45. The van der Waals surface area contributed by atoms with Gasteiger partial charge in [0.05, 0.1) is 14.2 Å². The van der Waals surface area contributed by atoms with Crippen LogP contribution in [0.3, 0.4) is 0 Å². The van der Waals surface area contributed by atoms with Crippen LogP contribution in [0.15, 0.2) is 47.7 Å². The Morgan fingerprint density at radius 2 is 1.93 bits per heavy atom. The van der Waals surface area contributed by atoms with E-state index in [1.165, 1.54) is 6.33 Å². The Kier molecular flexibility index (Phi) is 6.90. The number of H-pyrrole nitrogens is 1. The fourth-order valence-corrected chi connectivity index (χ4v) is 3.26. The summed E-state index contributed by atoms with van der Waals surface area (Å²) in [6.45, 7) is 3.39. The number of nitrogens with zero attached hydrogens (tertiary/aromatic N) is 4. The molecule has 1 aromatic heterocycles.